The summed E-state index contributed by atoms with van der Waals surface area (Å²) in [7, 11) is 0. The molecule has 0 radical (unpaired) electrons. The van der Waals surface area contributed by atoms with Gasteiger partial charge in [-0.25, -0.2) is 4.39 Å². The Morgan fingerprint density at radius 2 is 2.54 bits per heavy atom. The lowest BCUT2D eigenvalue weighted by Gasteiger charge is -2.11. The number of rotatable bonds is 3. The minimum absolute atomic E-state index is 0.189. The summed E-state index contributed by atoms with van der Waals surface area (Å²) in [5, 5.41) is 18.3. The molecule has 1 unspecified atom stereocenters. The van der Waals surface area contributed by atoms with E-state index in [2.05, 4.69) is 5.32 Å². The predicted molar refractivity (Wildman–Crippen MR) is 49.4 cm³/mol. The van der Waals surface area contributed by atoms with Crippen molar-refractivity contribution >= 4 is 6.21 Å². The van der Waals surface area contributed by atoms with Gasteiger partial charge in [0, 0.05) is 18.3 Å². The van der Waals surface area contributed by atoms with Gasteiger partial charge in [0.05, 0.1) is 6.21 Å². The summed E-state index contributed by atoms with van der Waals surface area (Å²) >= 11 is 0. The standard InChI is InChI=1S/C9H11FN2O/c10-7-2-1-3-8(4-7)12-6-9(13)5-11/h1-3,5-7,11-13H,4H2/b9-6+,11-5?. The van der Waals surface area contributed by atoms with Gasteiger partial charge in [-0.15, -0.1) is 0 Å². The summed E-state index contributed by atoms with van der Waals surface area (Å²) in [4.78, 5) is 0. The Bertz CT molecular complexity index is 281. The first kappa shape index (κ1) is 9.51. The zero-order valence-electron chi connectivity index (χ0n) is 7.00. The van der Waals surface area contributed by atoms with Crippen LogP contribution in [0.15, 0.2) is 35.9 Å². The molecule has 1 rings (SSSR count). The highest BCUT2D eigenvalue weighted by molar-refractivity contribution is 5.71. The Balaban J connectivity index is 2.50. The number of hydrogen-bond acceptors (Lipinski definition) is 3. The molecule has 0 aromatic heterocycles. The van der Waals surface area contributed by atoms with E-state index in [9.17, 15) is 4.39 Å². The number of halogens is 1. The molecule has 0 heterocycles. The van der Waals surface area contributed by atoms with Gasteiger partial charge in [0.1, 0.15) is 11.9 Å². The summed E-state index contributed by atoms with van der Waals surface area (Å²) in [5.74, 6) is -0.189. The van der Waals surface area contributed by atoms with Crippen LogP contribution in [-0.2, 0) is 0 Å². The second kappa shape index (κ2) is 4.45. The van der Waals surface area contributed by atoms with Crippen LogP contribution in [-0.4, -0.2) is 17.5 Å². The molecule has 1 aliphatic rings. The second-order valence-electron chi connectivity index (χ2n) is 2.65. The monoisotopic (exact) mass is 182 g/mol. The average Bonchev–Trinajstić information content (AvgIpc) is 2.14. The first-order valence-electron chi connectivity index (χ1n) is 3.90. The fourth-order valence-electron chi connectivity index (χ4n) is 0.954. The zero-order chi connectivity index (χ0) is 9.68. The molecule has 3 nitrogen and oxygen atoms in total. The van der Waals surface area contributed by atoms with Crippen LogP contribution in [0.2, 0.25) is 0 Å². The molecule has 1 atom stereocenters. The summed E-state index contributed by atoms with van der Waals surface area (Å²) < 4.78 is 12.7. The van der Waals surface area contributed by atoms with Crippen molar-refractivity contribution in [1.29, 1.82) is 5.41 Å². The molecule has 0 aromatic rings. The van der Waals surface area contributed by atoms with Crippen molar-refractivity contribution in [3.05, 3.63) is 35.9 Å². The number of allylic oxidation sites excluding steroid dienone is 5. The summed E-state index contributed by atoms with van der Waals surface area (Å²) in [6.07, 6.45) is 6.17. The molecule has 3 N–H and O–H groups in total. The second-order valence-corrected chi connectivity index (χ2v) is 2.65. The lowest BCUT2D eigenvalue weighted by Crippen LogP contribution is -2.13. The first-order valence-corrected chi connectivity index (χ1v) is 3.90. The van der Waals surface area contributed by atoms with E-state index in [4.69, 9.17) is 10.5 Å². The van der Waals surface area contributed by atoms with Crippen LogP contribution in [0.25, 0.3) is 0 Å². The normalized spacial score (nSPS) is 22.4. The zero-order valence-corrected chi connectivity index (χ0v) is 7.00. The van der Waals surface area contributed by atoms with Crippen LogP contribution < -0.4 is 5.32 Å². The molecular weight excluding hydrogens is 171 g/mol. The highest BCUT2D eigenvalue weighted by atomic mass is 19.1. The number of nitrogens with one attached hydrogen (secondary N) is 2. The molecule has 0 aliphatic heterocycles. The van der Waals surface area contributed by atoms with E-state index >= 15 is 0 Å². The van der Waals surface area contributed by atoms with E-state index in [1.807, 2.05) is 0 Å². The lowest BCUT2D eigenvalue weighted by molar-refractivity contribution is 0.389. The van der Waals surface area contributed by atoms with E-state index in [0.29, 0.717) is 5.70 Å². The maximum absolute atomic E-state index is 12.7. The first-order chi connectivity index (χ1) is 6.22. The van der Waals surface area contributed by atoms with Crippen molar-refractivity contribution in [2.24, 2.45) is 0 Å². The molecule has 70 valence electrons. The predicted octanol–water partition coefficient (Wildman–Crippen LogP) is 1.81. The van der Waals surface area contributed by atoms with E-state index in [1.165, 1.54) is 12.3 Å². The topological polar surface area (TPSA) is 56.1 Å². The van der Waals surface area contributed by atoms with Gasteiger partial charge in [0.2, 0.25) is 0 Å². The van der Waals surface area contributed by atoms with E-state index in [1.54, 1.807) is 12.2 Å². The van der Waals surface area contributed by atoms with Gasteiger partial charge in [0.15, 0.2) is 0 Å². The summed E-state index contributed by atoms with van der Waals surface area (Å²) in [5.41, 5.74) is 0.684. The van der Waals surface area contributed by atoms with E-state index in [0.717, 1.165) is 6.21 Å². The fraction of sp³-hybridized carbons (Fsp3) is 0.222. The van der Waals surface area contributed by atoms with E-state index < -0.39 is 6.17 Å². The van der Waals surface area contributed by atoms with Crippen molar-refractivity contribution in [2.45, 2.75) is 12.6 Å². The van der Waals surface area contributed by atoms with Crippen LogP contribution in [0.3, 0.4) is 0 Å². The van der Waals surface area contributed by atoms with Crippen molar-refractivity contribution < 1.29 is 9.50 Å². The molecule has 0 spiro atoms. The van der Waals surface area contributed by atoms with Crippen molar-refractivity contribution in [3.8, 4) is 0 Å². The molecule has 0 amide bonds. The minimum atomic E-state index is -0.969. The fourth-order valence-corrected chi connectivity index (χ4v) is 0.954. The molecular formula is C9H11FN2O. The van der Waals surface area contributed by atoms with Gasteiger partial charge in [-0.2, -0.15) is 0 Å². The Kier molecular flexibility index (Phi) is 3.25. The van der Waals surface area contributed by atoms with Crippen LogP contribution in [0.4, 0.5) is 4.39 Å². The SMILES string of the molecule is N=C/C(O)=C\NC1=CC=CC(F)C1. The van der Waals surface area contributed by atoms with Crippen molar-refractivity contribution in [2.75, 3.05) is 0 Å². The van der Waals surface area contributed by atoms with Gasteiger partial charge in [-0.3, -0.25) is 0 Å². The highest BCUT2D eigenvalue weighted by Crippen LogP contribution is 2.12. The van der Waals surface area contributed by atoms with Crippen LogP contribution in [0.1, 0.15) is 6.42 Å². The molecule has 4 heteroatoms. The molecule has 0 saturated heterocycles. The largest absolute Gasteiger partial charge is 0.505 e. The molecule has 1 aliphatic carbocycles. The van der Waals surface area contributed by atoms with Crippen LogP contribution in [0, 0.1) is 5.41 Å². The molecule has 0 saturated carbocycles. The van der Waals surface area contributed by atoms with Crippen molar-refractivity contribution in [1.82, 2.24) is 5.32 Å². The number of alkyl halides is 1. The Morgan fingerprint density at radius 3 is 3.15 bits per heavy atom. The summed E-state index contributed by atoms with van der Waals surface area (Å²) in [6.45, 7) is 0. The van der Waals surface area contributed by atoms with Crippen LogP contribution in [0.5, 0.6) is 0 Å². The molecule has 0 fully saturated rings. The maximum Gasteiger partial charge on any atom is 0.149 e. The van der Waals surface area contributed by atoms with Gasteiger partial charge in [0.25, 0.3) is 0 Å². The average molecular weight is 182 g/mol. The lowest BCUT2D eigenvalue weighted by atomic mass is 10.1. The smallest absolute Gasteiger partial charge is 0.149 e. The van der Waals surface area contributed by atoms with Gasteiger partial charge in [-0.1, -0.05) is 12.2 Å². The van der Waals surface area contributed by atoms with Gasteiger partial charge >= 0.3 is 0 Å². The Labute approximate surface area is 75.8 Å². The van der Waals surface area contributed by atoms with E-state index in [-0.39, 0.29) is 12.2 Å². The molecule has 0 bridgehead atoms. The van der Waals surface area contributed by atoms with Crippen LogP contribution >= 0.6 is 0 Å². The third-order valence-electron chi connectivity index (χ3n) is 1.59. The number of aliphatic hydroxyl groups is 1. The molecule has 0 aromatic carbocycles. The van der Waals surface area contributed by atoms with Gasteiger partial charge < -0.3 is 15.8 Å². The third-order valence-corrected chi connectivity index (χ3v) is 1.59. The van der Waals surface area contributed by atoms with Gasteiger partial charge in [-0.05, 0) is 6.08 Å². The number of hydrogen-bond donors (Lipinski definition) is 3. The molecule has 13 heavy (non-hydrogen) atoms. The summed E-state index contributed by atoms with van der Waals surface area (Å²) in [6, 6.07) is 0. The number of aliphatic hydroxyl groups excluding tert-OH is 1. The van der Waals surface area contributed by atoms with Crippen molar-refractivity contribution in [3.63, 3.8) is 0 Å². The Morgan fingerprint density at radius 1 is 1.77 bits per heavy atom. The maximum atomic E-state index is 12.7. The minimum Gasteiger partial charge on any atom is -0.505 e. The Hall–Kier alpha value is -1.58. The third kappa shape index (κ3) is 3.11. The highest BCUT2D eigenvalue weighted by Gasteiger charge is 2.07. The quantitative estimate of drug-likeness (QED) is 0.460.